The zero-order valence-corrected chi connectivity index (χ0v) is 11.6. The summed E-state index contributed by atoms with van der Waals surface area (Å²) in [5.41, 5.74) is 6.86. The third kappa shape index (κ3) is 3.93. The van der Waals surface area contributed by atoms with Crippen LogP contribution in [0.15, 0.2) is 36.5 Å². The smallest absolute Gasteiger partial charge is 0.335 e. The summed E-state index contributed by atoms with van der Waals surface area (Å²) in [6, 6.07) is 7.38. The van der Waals surface area contributed by atoms with E-state index in [0.717, 1.165) is 0 Å². The summed E-state index contributed by atoms with van der Waals surface area (Å²) >= 11 is 5.93. The number of pyridine rings is 1. The van der Waals surface area contributed by atoms with Gasteiger partial charge in [0.15, 0.2) is 0 Å². The van der Waals surface area contributed by atoms with Crippen molar-refractivity contribution in [3.05, 3.63) is 52.8 Å². The minimum Gasteiger partial charge on any atom is -0.478 e. The second-order valence-electron chi connectivity index (χ2n) is 4.31. The van der Waals surface area contributed by atoms with Gasteiger partial charge >= 0.3 is 5.97 Å². The standard InChI is InChI=1S/C14H12ClN3O3/c15-11-4-1-8(14(20)21)5-12(11)18-13(19)6-10-3-2-9(16)7-17-10/h1-5,7H,6,16H2,(H,18,19)(H,20,21). The molecule has 7 heteroatoms. The van der Waals surface area contributed by atoms with Gasteiger partial charge in [-0.15, -0.1) is 0 Å². The van der Waals surface area contributed by atoms with Crippen LogP contribution in [-0.2, 0) is 11.2 Å². The van der Waals surface area contributed by atoms with Crippen molar-refractivity contribution in [1.82, 2.24) is 4.98 Å². The minimum absolute atomic E-state index is 0.0356. The van der Waals surface area contributed by atoms with Gasteiger partial charge in [-0.1, -0.05) is 11.6 Å². The topological polar surface area (TPSA) is 105 Å². The molecule has 0 saturated carbocycles. The SMILES string of the molecule is Nc1ccc(CC(=O)Nc2cc(C(=O)O)ccc2Cl)nc1. The predicted octanol–water partition coefficient (Wildman–Crippen LogP) is 2.20. The molecule has 1 aromatic carbocycles. The molecule has 21 heavy (non-hydrogen) atoms. The summed E-state index contributed by atoms with van der Waals surface area (Å²) in [7, 11) is 0. The summed E-state index contributed by atoms with van der Waals surface area (Å²) in [5, 5.41) is 11.7. The number of carboxylic acids is 1. The van der Waals surface area contributed by atoms with E-state index >= 15 is 0 Å². The van der Waals surface area contributed by atoms with Crippen LogP contribution < -0.4 is 11.1 Å². The van der Waals surface area contributed by atoms with E-state index in [4.69, 9.17) is 22.4 Å². The van der Waals surface area contributed by atoms with E-state index < -0.39 is 5.97 Å². The highest BCUT2D eigenvalue weighted by molar-refractivity contribution is 6.33. The molecule has 0 bridgehead atoms. The zero-order valence-electron chi connectivity index (χ0n) is 10.8. The Morgan fingerprint density at radius 2 is 2.05 bits per heavy atom. The Balaban J connectivity index is 2.10. The Morgan fingerprint density at radius 3 is 2.67 bits per heavy atom. The summed E-state index contributed by atoms with van der Waals surface area (Å²) in [6.45, 7) is 0. The van der Waals surface area contributed by atoms with Crippen LogP contribution in [0.2, 0.25) is 5.02 Å². The molecule has 2 aromatic rings. The molecule has 4 N–H and O–H groups in total. The molecule has 6 nitrogen and oxygen atoms in total. The van der Waals surface area contributed by atoms with E-state index in [9.17, 15) is 9.59 Å². The average Bonchev–Trinajstić information content (AvgIpc) is 2.43. The molecule has 0 radical (unpaired) electrons. The van der Waals surface area contributed by atoms with E-state index in [2.05, 4.69) is 10.3 Å². The number of benzene rings is 1. The highest BCUT2D eigenvalue weighted by Gasteiger charge is 2.11. The number of rotatable bonds is 4. The number of hydrogen-bond donors (Lipinski definition) is 3. The maximum Gasteiger partial charge on any atom is 0.335 e. The van der Waals surface area contributed by atoms with E-state index in [1.165, 1.54) is 24.4 Å². The zero-order chi connectivity index (χ0) is 15.4. The Hall–Kier alpha value is -2.60. The van der Waals surface area contributed by atoms with Gasteiger partial charge < -0.3 is 16.2 Å². The van der Waals surface area contributed by atoms with Crippen LogP contribution in [0, 0.1) is 0 Å². The third-order valence-electron chi connectivity index (χ3n) is 2.68. The number of nitrogens with zero attached hydrogens (tertiary/aromatic N) is 1. The van der Waals surface area contributed by atoms with Gasteiger partial charge in [0.1, 0.15) is 0 Å². The van der Waals surface area contributed by atoms with Crippen molar-refractivity contribution < 1.29 is 14.7 Å². The molecule has 2 rings (SSSR count). The van der Waals surface area contributed by atoms with Gasteiger partial charge in [-0.2, -0.15) is 0 Å². The number of nitrogens with one attached hydrogen (secondary N) is 1. The van der Waals surface area contributed by atoms with E-state index in [0.29, 0.717) is 11.4 Å². The number of aromatic carboxylic acids is 1. The summed E-state index contributed by atoms with van der Waals surface area (Å²) in [5.74, 6) is -1.45. The molecule has 0 saturated heterocycles. The van der Waals surface area contributed by atoms with Crippen molar-refractivity contribution in [2.45, 2.75) is 6.42 Å². The van der Waals surface area contributed by atoms with Crippen molar-refractivity contribution in [3.63, 3.8) is 0 Å². The summed E-state index contributed by atoms with van der Waals surface area (Å²) in [6.07, 6.45) is 1.49. The van der Waals surface area contributed by atoms with Crippen LogP contribution in [0.1, 0.15) is 16.1 Å². The fourth-order valence-electron chi connectivity index (χ4n) is 1.65. The second kappa shape index (κ2) is 6.23. The molecule has 1 heterocycles. The fourth-order valence-corrected chi connectivity index (χ4v) is 1.82. The first kappa shape index (κ1) is 14.8. The lowest BCUT2D eigenvalue weighted by atomic mass is 10.2. The summed E-state index contributed by atoms with van der Waals surface area (Å²) in [4.78, 5) is 26.8. The van der Waals surface area contributed by atoms with Crippen LogP contribution in [0.25, 0.3) is 0 Å². The number of hydrogen-bond acceptors (Lipinski definition) is 4. The lowest BCUT2D eigenvalue weighted by molar-refractivity contribution is -0.115. The van der Waals surface area contributed by atoms with Gasteiger partial charge in [-0.25, -0.2) is 4.79 Å². The quantitative estimate of drug-likeness (QED) is 0.803. The molecule has 1 amide bonds. The van der Waals surface area contributed by atoms with Gasteiger partial charge in [0.05, 0.1) is 34.6 Å². The molecule has 0 aliphatic carbocycles. The van der Waals surface area contributed by atoms with Gasteiger partial charge in [0, 0.05) is 5.69 Å². The van der Waals surface area contributed by atoms with Crippen molar-refractivity contribution in [2.75, 3.05) is 11.1 Å². The van der Waals surface area contributed by atoms with E-state index in [1.54, 1.807) is 12.1 Å². The molecule has 0 spiro atoms. The van der Waals surface area contributed by atoms with Crippen molar-refractivity contribution in [3.8, 4) is 0 Å². The van der Waals surface area contributed by atoms with Crippen molar-refractivity contribution in [2.24, 2.45) is 0 Å². The van der Waals surface area contributed by atoms with Crippen LogP contribution in [-0.4, -0.2) is 22.0 Å². The lowest BCUT2D eigenvalue weighted by Gasteiger charge is -2.08. The number of carbonyl (C=O) groups excluding carboxylic acids is 1. The number of carbonyl (C=O) groups is 2. The molecule has 108 valence electrons. The molecule has 1 aromatic heterocycles. The van der Waals surface area contributed by atoms with Crippen LogP contribution >= 0.6 is 11.6 Å². The summed E-state index contributed by atoms with van der Waals surface area (Å²) < 4.78 is 0. The molecule has 0 atom stereocenters. The molecule has 0 aliphatic rings. The number of nitrogens with two attached hydrogens (primary N) is 1. The normalized spacial score (nSPS) is 10.1. The van der Waals surface area contributed by atoms with Gasteiger partial charge in [0.25, 0.3) is 0 Å². The molecular formula is C14H12ClN3O3. The first-order valence-electron chi connectivity index (χ1n) is 5.99. The van der Waals surface area contributed by atoms with Crippen LogP contribution in [0.3, 0.4) is 0 Å². The third-order valence-corrected chi connectivity index (χ3v) is 3.01. The minimum atomic E-state index is -1.10. The predicted molar refractivity (Wildman–Crippen MR) is 79.4 cm³/mol. The fraction of sp³-hybridized carbons (Fsp3) is 0.0714. The number of anilines is 2. The lowest BCUT2D eigenvalue weighted by Crippen LogP contribution is -2.16. The first-order chi connectivity index (χ1) is 9.95. The molecule has 0 aliphatic heterocycles. The van der Waals surface area contributed by atoms with Crippen LogP contribution in [0.5, 0.6) is 0 Å². The molecular weight excluding hydrogens is 294 g/mol. The second-order valence-corrected chi connectivity index (χ2v) is 4.71. The van der Waals surface area contributed by atoms with Crippen molar-refractivity contribution >= 4 is 34.9 Å². The van der Waals surface area contributed by atoms with E-state index in [-0.39, 0.29) is 28.6 Å². The van der Waals surface area contributed by atoms with Gasteiger partial charge in [-0.3, -0.25) is 9.78 Å². The monoisotopic (exact) mass is 305 g/mol. The Morgan fingerprint density at radius 1 is 1.29 bits per heavy atom. The number of halogens is 1. The number of aromatic nitrogens is 1. The Kier molecular flexibility index (Phi) is 4.39. The highest BCUT2D eigenvalue weighted by Crippen LogP contribution is 2.23. The average molecular weight is 306 g/mol. The highest BCUT2D eigenvalue weighted by atomic mass is 35.5. The Labute approximate surface area is 125 Å². The van der Waals surface area contributed by atoms with Gasteiger partial charge in [-0.05, 0) is 30.3 Å². The van der Waals surface area contributed by atoms with E-state index in [1.807, 2.05) is 0 Å². The number of amides is 1. The Bertz CT molecular complexity index is 686. The van der Waals surface area contributed by atoms with Crippen molar-refractivity contribution in [1.29, 1.82) is 0 Å². The maximum atomic E-state index is 11.9. The largest absolute Gasteiger partial charge is 0.478 e. The number of carboxylic acid groups (broad SMARTS) is 1. The molecule has 0 unspecified atom stereocenters. The van der Waals surface area contributed by atoms with Gasteiger partial charge in [0.2, 0.25) is 5.91 Å². The molecule has 0 fully saturated rings. The number of nitrogen functional groups attached to an aromatic ring is 1. The maximum absolute atomic E-state index is 11.9. The first-order valence-corrected chi connectivity index (χ1v) is 6.36. The van der Waals surface area contributed by atoms with Crippen LogP contribution in [0.4, 0.5) is 11.4 Å².